The van der Waals surface area contributed by atoms with Gasteiger partial charge >= 0.3 is 0 Å². The molecule has 2 rings (SSSR count). The van der Waals surface area contributed by atoms with Crippen molar-refractivity contribution in [1.29, 1.82) is 0 Å². The maximum Gasteiger partial charge on any atom is 0.224 e. The normalized spacial score (nSPS) is 18.3. The van der Waals surface area contributed by atoms with Crippen LogP contribution in [0.2, 0.25) is 0 Å². The molecule has 1 aromatic carbocycles. The SMILES string of the molecule is CC(C)Nc1ccc(F)cc1NC(=O)C[C@@H]1CCOC1. The lowest BCUT2D eigenvalue weighted by molar-refractivity contribution is -0.117. The van der Waals surface area contributed by atoms with E-state index in [1.807, 2.05) is 13.8 Å². The van der Waals surface area contributed by atoms with Crippen molar-refractivity contribution in [3.8, 4) is 0 Å². The van der Waals surface area contributed by atoms with Gasteiger partial charge in [-0.25, -0.2) is 4.39 Å². The topological polar surface area (TPSA) is 50.4 Å². The Bertz CT molecular complexity index is 471. The fourth-order valence-corrected chi connectivity index (χ4v) is 2.26. The van der Waals surface area contributed by atoms with Crippen LogP contribution in [0.3, 0.4) is 0 Å². The summed E-state index contributed by atoms with van der Waals surface area (Å²) in [6.45, 7) is 5.33. The minimum atomic E-state index is -0.362. The van der Waals surface area contributed by atoms with Crippen LogP contribution in [0.4, 0.5) is 15.8 Å². The first-order valence-electron chi connectivity index (χ1n) is 6.98. The van der Waals surface area contributed by atoms with Crippen LogP contribution in [0.1, 0.15) is 26.7 Å². The van der Waals surface area contributed by atoms with Gasteiger partial charge in [0.1, 0.15) is 5.82 Å². The molecule has 1 aliphatic heterocycles. The van der Waals surface area contributed by atoms with Gasteiger partial charge in [-0.05, 0) is 44.4 Å². The second-order valence-electron chi connectivity index (χ2n) is 5.47. The molecule has 2 N–H and O–H groups in total. The van der Waals surface area contributed by atoms with Gasteiger partial charge in [-0.1, -0.05) is 0 Å². The number of ether oxygens (including phenoxy) is 1. The molecule has 1 saturated heterocycles. The highest BCUT2D eigenvalue weighted by molar-refractivity contribution is 5.94. The van der Waals surface area contributed by atoms with Crippen molar-refractivity contribution in [3.63, 3.8) is 0 Å². The van der Waals surface area contributed by atoms with Gasteiger partial charge in [-0.2, -0.15) is 0 Å². The lowest BCUT2D eigenvalue weighted by Gasteiger charge is -2.16. The van der Waals surface area contributed by atoms with E-state index in [0.717, 1.165) is 18.7 Å². The Labute approximate surface area is 118 Å². The molecule has 0 spiro atoms. The van der Waals surface area contributed by atoms with Crippen molar-refractivity contribution in [3.05, 3.63) is 24.0 Å². The average Bonchev–Trinajstić information content (AvgIpc) is 2.84. The highest BCUT2D eigenvalue weighted by atomic mass is 19.1. The third-order valence-corrected chi connectivity index (χ3v) is 3.20. The number of carbonyl (C=O) groups excluding carboxylic acids is 1. The summed E-state index contributed by atoms with van der Waals surface area (Å²) in [4.78, 5) is 12.0. The zero-order chi connectivity index (χ0) is 14.5. The fraction of sp³-hybridized carbons (Fsp3) is 0.533. The van der Waals surface area contributed by atoms with E-state index in [9.17, 15) is 9.18 Å². The lowest BCUT2D eigenvalue weighted by atomic mass is 10.0. The summed E-state index contributed by atoms with van der Waals surface area (Å²) in [6.07, 6.45) is 1.32. The summed E-state index contributed by atoms with van der Waals surface area (Å²) in [6, 6.07) is 4.57. The fourth-order valence-electron chi connectivity index (χ4n) is 2.26. The molecule has 0 bridgehead atoms. The van der Waals surface area contributed by atoms with Crippen LogP contribution in [0.15, 0.2) is 18.2 Å². The first kappa shape index (κ1) is 14.8. The van der Waals surface area contributed by atoms with Crippen molar-refractivity contribution in [2.24, 2.45) is 5.92 Å². The predicted octanol–water partition coefficient (Wildman–Crippen LogP) is 3.01. The van der Waals surface area contributed by atoms with Crippen LogP contribution in [-0.4, -0.2) is 25.2 Å². The van der Waals surface area contributed by atoms with Crippen molar-refractivity contribution in [1.82, 2.24) is 0 Å². The molecule has 1 atom stereocenters. The molecule has 1 amide bonds. The molecule has 1 heterocycles. The minimum absolute atomic E-state index is 0.0992. The minimum Gasteiger partial charge on any atom is -0.381 e. The molecular weight excluding hydrogens is 259 g/mol. The molecule has 0 aromatic heterocycles. The predicted molar refractivity (Wildman–Crippen MR) is 77.3 cm³/mol. The van der Waals surface area contributed by atoms with Gasteiger partial charge in [0.15, 0.2) is 0 Å². The molecule has 1 fully saturated rings. The molecule has 20 heavy (non-hydrogen) atoms. The van der Waals surface area contributed by atoms with E-state index in [1.54, 1.807) is 6.07 Å². The van der Waals surface area contributed by atoms with Crippen molar-refractivity contribution in [2.75, 3.05) is 23.8 Å². The second-order valence-corrected chi connectivity index (χ2v) is 5.47. The monoisotopic (exact) mass is 280 g/mol. The Hall–Kier alpha value is -1.62. The maximum absolute atomic E-state index is 13.3. The quantitative estimate of drug-likeness (QED) is 0.871. The molecule has 4 nitrogen and oxygen atoms in total. The molecule has 1 aliphatic rings. The van der Waals surface area contributed by atoms with Gasteiger partial charge in [0.2, 0.25) is 5.91 Å². The summed E-state index contributed by atoms with van der Waals surface area (Å²) < 4.78 is 18.6. The van der Waals surface area contributed by atoms with Crippen LogP contribution >= 0.6 is 0 Å². The summed E-state index contributed by atoms with van der Waals surface area (Å²) in [5, 5.41) is 5.98. The van der Waals surface area contributed by atoms with E-state index in [1.165, 1.54) is 12.1 Å². The molecule has 0 saturated carbocycles. The number of halogens is 1. The zero-order valence-corrected chi connectivity index (χ0v) is 11.9. The molecule has 110 valence electrons. The second kappa shape index (κ2) is 6.70. The third kappa shape index (κ3) is 4.20. The first-order valence-corrected chi connectivity index (χ1v) is 6.98. The zero-order valence-electron chi connectivity index (χ0n) is 11.9. The highest BCUT2D eigenvalue weighted by Gasteiger charge is 2.19. The number of anilines is 2. The summed E-state index contributed by atoms with van der Waals surface area (Å²) in [7, 11) is 0. The summed E-state index contributed by atoms with van der Waals surface area (Å²) in [5.41, 5.74) is 1.22. The highest BCUT2D eigenvalue weighted by Crippen LogP contribution is 2.25. The molecule has 1 aromatic rings. The van der Waals surface area contributed by atoms with E-state index in [2.05, 4.69) is 10.6 Å². The number of hydrogen-bond donors (Lipinski definition) is 2. The summed E-state index contributed by atoms with van der Waals surface area (Å²) >= 11 is 0. The lowest BCUT2D eigenvalue weighted by Crippen LogP contribution is -2.19. The third-order valence-electron chi connectivity index (χ3n) is 3.20. The Morgan fingerprint density at radius 2 is 2.25 bits per heavy atom. The Balaban J connectivity index is 2.02. The van der Waals surface area contributed by atoms with Crippen molar-refractivity contribution >= 4 is 17.3 Å². The largest absolute Gasteiger partial charge is 0.381 e. The van der Waals surface area contributed by atoms with E-state index in [4.69, 9.17) is 4.74 Å². The molecule has 0 unspecified atom stereocenters. The Kier molecular flexibility index (Phi) is 4.95. The van der Waals surface area contributed by atoms with Gasteiger partial charge in [0.25, 0.3) is 0 Å². The number of hydrogen-bond acceptors (Lipinski definition) is 3. The smallest absolute Gasteiger partial charge is 0.224 e. The molecule has 0 radical (unpaired) electrons. The Morgan fingerprint density at radius 1 is 1.45 bits per heavy atom. The first-order chi connectivity index (χ1) is 9.54. The number of rotatable bonds is 5. The van der Waals surface area contributed by atoms with Crippen molar-refractivity contribution in [2.45, 2.75) is 32.7 Å². The maximum atomic E-state index is 13.3. The average molecular weight is 280 g/mol. The standard InChI is InChI=1S/C15H21FN2O2/c1-10(2)17-13-4-3-12(16)8-14(13)18-15(19)7-11-5-6-20-9-11/h3-4,8,10-11,17H,5-7,9H2,1-2H3,(H,18,19)/t11-/m0/s1. The van der Waals surface area contributed by atoms with Gasteiger partial charge in [0, 0.05) is 25.7 Å². The van der Waals surface area contributed by atoms with Crippen LogP contribution < -0.4 is 10.6 Å². The number of benzene rings is 1. The van der Waals surface area contributed by atoms with Crippen LogP contribution in [-0.2, 0) is 9.53 Å². The number of amides is 1. The van der Waals surface area contributed by atoms with Gasteiger partial charge in [-0.3, -0.25) is 4.79 Å². The van der Waals surface area contributed by atoms with Crippen LogP contribution in [0, 0.1) is 11.7 Å². The van der Waals surface area contributed by atoms with Gasteiger partial charge in [0.05, 0.1) is 11.4 Å². The van der Waals surface area contributed by atoms with E-state index in [-0.39, 0.29) is 23.7 Å². The van der Waals surface area contributed by atoms with Crippen LogP contribution in [0.5, 0.6) is 0 Å². The molecular formula is C15H21FN2O2. The Morgan fingerprint density at radius 3 is 2.90 bits per heavy atom. The molecule has 5 heteroatoms. The number of carbonyl (C=O) groups is 1. The number of nitrogens with one attached hydrogen (secondary N) is 2. The summed E-state index contributed by atoms with van der Waals surface area (Å²) in [5.74, 6) is -0.193. The van der Waals surface area contributed by atoms with Crippen molar-refractivity contribution < 1.29 is 13.9 Å². The van der Waals surface area contributed by atoms with E-state index < -0.39 is 0 Å². The molecule has 0 aliphatic carbocycles. The van der Waals surface area contributed by atoms with Gasteiger partial charge < -0.3 is 15.4 Å². The van der Waals surface area contributed by atoms with Crippen LogP contribution in [0.25, 0.3) is 0 Å². The van der Waals surface area contributed by atoms with E-state index >= 15 is 0 Å². The van der Waals surface area contributed by atoms with Gasteiger partial charge in [-0.15, -0.1) is 0 Å². The van der Waals surface area contributed by atoms with E-state index in [0.29, 0.717) is 18.7 Å².